The number of amides is 1. The molecule has 0 saturated heterocycles. The maximum Gasteiger partial charge on any atom is 0.405 e. The average molecular weight is 863 g/mol. The van der Waals surface area contributed by atoms with E-state index in [0.29, 0.717) is 31.9 Å². The summed E-state index contributed by atoms with van der Waals surface area (Å²) in [6.07, 6.45) is -1.60. The Bertz CT molecular complexity index is 2200. The highest BCUT2D eigenvalue weighted by Crippen LogP contribution is 2.39. The molecule has 4 aromatic carbocycles. The molecule has 15 nitrogen and oxygen atoms in total. The van der Waals surface area contributed by atoms with Crippen LogP contribution in [-0.4, -0.2) is 79.3 Å². The van der Waals surface area contributed by atoms with E-state index in [9.17, 15) is 18.3 Å². The van der Waals surface area contributed by atoms with Crippen molar-refractivity contribution in [3.05, 3.63) is 105 Å². The lowest BCUT2D eigenvalue weighted by Gasteiger charge is -2.26. The highest BCUT2D eigenvalue weighted by molar-refractivity contribution is 14.1. The zero-order valence-electron chi connectivity index (χ0n) is 28.4. The van der Waals surface area contributed by atoms with E-state index in [-0.39, 0.29) is 31.0 Å². The van der Waals surface area contributed by atoms with E-state index in [2.05, 4.69) is 15.5 Å². The van der Waals surface area contributed by atoms with E-state index in [1.807, 2.05) is 27.9 Å². The van der Waals surface area contributed by atoms with Gasteiger partial charge in [0.25, 0.3) is 0 Å². The van der Waals surface area contributed by atoms with Gasteiger partial charge in [0.15, 0.2) is 15.7 Å². The van der Waals surface area contributed by atoms with Crippen molar-refractivity contribution in [2.45, 2.75) is 41.7 Å². The summed E-state index contributed by atoms with van der Waals surface area (Å²) in [5, 5.41) is 21.8. The minimum atomic E-state index is -4.80. The van der Waals surface area contributed by atoms with E-state index < -0.39 is 41.1 Å². The Morgan fingerprint density at radius 3 is 1.75 bits per heavy atom. The van der Waals surface area contributed by atoms with Crippen LogP contribution < -0.4 is 19.5 Å². The first-order valence-electron chi connectivity index (χ1n) is 15.5. The molecule has 0 aliphatic carbocycles. The number of carboxylic acid groups (broad SMARTS) is 1. The molecule has 0 radical (unpaired) electrons. The fourth-order valence-electron chi connectivity index (χ4n) is 5.29. The fraction of sp³-hybridized carbons (Fsp3) is 0.235. The lowest BCUT2D eigenvalue weighted by atomic mass is 10.2. The van der Waals surface area contributed by atoms with Gasteiger partial charge in [0.05, 0.1) is 38.3 Å². The summed E-state index contributed by atoms with van der Waals surface area (Å²) in [7, 11) is -4.91. The number of carbonyl (C=O) groups is 1. The van der Waals surface area contributed by atoms with Crippen molar-refractivity contribution in [2.75, 3.05) is 21.3 Å². The molecule has 1 aromatic heterocycles. The van der Waals surface area contributed by atoms with E-state index in [4.69, 9.17) is 14.2 Å². The zero-order chi connectivity index (χ0) is 37.6. The third-order valence-corrected chi connectivity index (χ3v) is 13.0. The van der Waals surface area contributed by atoms with Crippen molar-refractivity contribution in [3.8, 4) is 28.6 Å². The second-order valence-electron chi connectivity index (χ2n) is 11.4. The summed E-state index contributed by atoms with van der Waals surface area (Å²) >= 11 is 1.91. The largest absolute Gasteiger partial charge is 0.497 e. The number of hydrogen-bond donors (Lipinski definition) is 2. The molecule has 0 aliphatic rings. The second-order valence-corrected chi connectivity index (χ2v) is 16.6. The SMILES string of the molecule is COc1ccc(CN(Cc2ccc(OC)cc2)S(=O)(=O)c2c(S(=O)(=O)C(C)NC(=O)O)ccc(I)c2-c2nnnn2Cc2ccc(OC)cc2)cc1. The van der Waals surface area contributed by atoms with Gasteiger partial charge in [-0.15, -0.1) is 5.10 Å². The number of sulfonamides is 1. The predicted molar refractivity (Wildman–Crippen MR) is 198 cm³/mol. The number of halogens is 1. The third kappa shape index (κ3) is 8.46. The van der Waals surface area contributed by atoms with Crippen molar-refractivity contribution in [2.24, 2.45) is 0 Å². The molecule has 0 fully saturated rings. The summed E-state index contributed by atoms with van der Waals surface area (Å²) in [6.45, 7) is 0.861. The molecule has 0 saturated carbocycles. The molecule has 1 heterocycles. The van der Waals surface area contributed by atoms with E-state index >= 15 is 8.42 Å². The van der Waals surface area contributed by atoms with Gasteiger partial charge >= 0.3 is 6.09 Å². The molecule has 52 heavy (non-hydrogen) atoms. The maximum absolute atomic E-state index is 15.3. The van der Waals surface area contributed by atoms with Crippen LogP contribution in [0.25, 0.3) is 11.4 Å². The van der Waals surface area contributed by atoms with Crippen LogP contribution in [0.15, 0.2) is 94.7 Å². The molecule has 2 N–H and O–H groups in total. The van der Waals surface area contributed by atoms with Gasteiger partial charge in [-0.3, -0.25) is 0 Å². The zero-order valence-corrected chi connectivity index (χ0v) is 32.2. The smallest absolute Gasteiger partial charge is 0.405 e. The Morgan fingerprint density at radius 1 is 0.808 bits per heavy atom. The van der Waals surface area contributed by atoms with Gasteiger partial charge in [0.2, 0.25) is 10.0 Å². The number of aromatic nitrogens is 4. The Kier molecular flexibility index (Phi) is 12.0. The summed E-state index contributed by atoms with van der Waals surface area (Å²) in [5.74, 6) is 1.72. The minimum Gasteiger partial charge on any atom is -0.497 e. The molecule has 0 spiro atoms. The Hall–Kier alpha value is -4.79. The van der Waals surface area contributed by atoms with Crippen molar-refractivity contribution < 1.29 is 40.9 Å². The van der Waals surface area contributed by atoms with Gasteiger partial charge in [0.1, 0.15) is 27.5 Å². The van der Waals surface area contributed by atoms with Crippen molar-refractivity contribution >= 4 is 48.5 Å². The first-order chi connectivity index (χ1) is 24.8. The number of ether oxygens (including phenoxy) is 3. The van der Waals surface area contributed by atoms with E-state index in [1.165, 1.54) is 25.0 Å². The quantitative estimate of drug-likeness (QED) is 0.137. The fourth-order valence-corrected chi connectivity index (χ4v) is 9.76. The van der Waals surface area contributed by atoms with Crippen LogP contribution >= 0.6 is 22.6 Å². The highest BCUT2D eigenvalue weighted by Gasteiger charge is 2.39. The van der Waals surface area contributed by atoms with Crippen molar-refractivity contribution in [1.82, 2.24) is 29.8 Å². The van der Waals surface area contributed by atoms with E-state index in [1.54, 1.807) is 79.9 Å². The number of nitrogens with zero attached hydrogens (tertiary/aromatic N) is 5. The Morgan fingerprint density at radius 2 is 1.29 bits per heavy atom. The lowest BCUT2D eigenvalue weighted by Crippen LogP contribution is -2.39. The molecular formula is C34H35IN6O9S2. The van der Waals surface area contributed by atoms with E-state index in [0.717, 1.165) is 22.9 Å². The Balaban J connectivity index is 1.75. The average Bonchev–Trinajstić information content (AvgIpc) is 3.59. The molecule has 18 heteroatoms. The van der Waals surface area contributed by atoms with Gasteiger partial charge in [-0.1, -0.05) is 36.4 Å². The number of rotatable bonds is 15. The normalized spacial score (nSPS) is 12.3. The number of tetrazole rings is 1. The predicted octanol–water partition coefficient (Wildman–Crippen LogP) is 4.80. The summed E-state index contributed by atoms with van der Waals surface area (Å²) in [5.41, 5.74) is 1.84. The molecule has 5 rings (SSSR count). The molecule has 1 amide bonds. The van der Waals surface area contributed by atoms with Crippen LogP contribution in [0.5, 0.6) is 17.2 Å². The van der Waals surface area contributed by atoms with Crippen LogP contribution in [0.3, 0.4) is 0 Å². The number of methoxy groups -OCH3 is 3. The first kappa shape index (κ1) is 38.4. The molecule has 5 aromatic rings. The van der Waals surface area contributed by atoms with Crippen LogP contribution in [0.4, 0.5) is 4.79 Å². The van der Waals surface area contributed by atoms with Crippen molar-refractivity contribution in [1.29, 1.82) is 0 Å². The molecule has 1 atom stereocenters. The Labute approximate surface area is 314 Å². The minimum absolute atomic E-state index is 0.0245. The van der Waals surface area contributed by atoms with Gasteiger partial charge in [-0.05, 0) is 105 Å². The van der Waals surface area contributed by atoms with Crippen LogP contribution in [-0.2, 0) is 39.5 Å². The lowest BCUT2D eigenvalue weighted by molar-refractivity contribution is 0.193. The number of hydrogen-bond acceptors (Lipinski definition) is 11. The van der Waals surface area contributed by atoms with Gasteiger partial charge < -0.3 is 24.6 Å². The maximum atomic E-state index is 15.3. The highest BCUT2D eigenvalue weighted by atomic mass is 127. The topological polar surface area (TPSA) is 192 Å². The standard InChI is InChI=1S/C34H35IN6O9S2/c1-22(36-34(42)43)51(44,45)30-18-17-29(35)31(33-37-38-39-41(33)21-25-9-15-28(50-4)16-10-25)32(30)52(46,47)40(19-23-5-11-26(48-2)12-6-23)20-24-7-13-27(49-3)14-8-24/h5-18,22,36H,19-21H2,1-4H3,(H,42,43). The molecular weight excluding hydrogens is 827 g/mol. The molecule has 0 bridgehead atoms. The molecule has 1 unspecified atom stereocenters. The number of nitrogens with one attached hydrogen (secondary N) is 1. The first-order valence-corrected chi connectivity index (χ1v) is 19.6. The summed E-state index contributed by atoms with van der Waals surface area (Å²) in [6, 6.07) is 23.2. The molecule has 274 valence electrons. The molecule has 0 aliphatic heterocycles. The van der Waals surface area contributed by atoms with Crippen LogP contribution in [0.1, 0.15) is 23.6 Å². The van der Waals surface area contributed by atoms with Gasteiger partial charge in [-0.25, -0.2) is 26.3 Å². The summed E-state index contributed by atoms with van der Waals surface area (Å²) in [4.78, 5) is 10.4. The summed E-state index contributed by atoms with van der Waals surface area (Å²) < 4.78 is 77.6. The van der Waals surface area contributed by atoms with Crippen molar-refractivity contribution in [3.63, 3.8) is 0 Å². The van der Waals surface area contributed by atoms with Gasteiger partial charge in [0, 0.05) is 16.7 Å². The van der Waals surface area contributed by atoms with Gasteiger partial charge in [-0.2, -0.15) is 4.31 Å². The monoisotopic (exact) mass is 862 g/mol. The van der Waals surface area contributed by atoms with Crippen LogP contribution in [0, 0.1) is 3.57 Å². The number of benzene rings is 4. The second kappa shape index (κ2) is 16.3. The van der Waals surface area contributed by atoms with Crippen LogP contribution in [0.2, 0.25) is 0 Å². The number of sulfone groups is 1. The third-order valence-electron chi connectivity index (χ3n) is 8.05.